The highest BCUT2D eigenvalue weighted by Gasteiger charge is 2.21. The first-order valence-electron chi connectivity index (χ1n) is 7.91. The Kier molecular flexibility index (Phi) is 6.15. The van der Waals surface area contributed by atoms with Crippen LogP contribution in [0, 0.1) is 5.82 Å². The largest absolute Gasteiger partial charge is 0.481 e. The van der Waals surface area contributed by atoms with Gasteiger partial charge in [0.2, 0.25) is 0 Å². The van der Waals surface area contributed by atoms with Crippen LogP contribution in [0.15, 0.2) is 54.6 Å². The summed E-state index contributed by atoms with van der Waals surface area (Å²) in [5.74, 6) is -0.00124. The number of benzene rings is 2. The summed E-state index contributed by atoms with van der Waals surface area (Å²) >= 11 is 0. The maximum Gasteiger partial charge on any atom is 0.261 e. The van der Waals surface area contributed by atoms with Gasteiger partial charge in [0, 0.05) is 0 Å². The van der Waals surface area contributed by atoms with Crippen LogP contribution in [0.3, 0.4) is 0 Å². The zero-order chi connectivity index (χ0) is 16.7. The van der Waals surface area contributed by atoms with Gasteiger partial charge in [-0.3, -0.25) is 4.79 Å². The van der Waals surface area contributed by atoms with Crippen LogP contribution in [0.5, 0.6) is 5.75 Å². The van der Waals surface area contributed by atoms with Gasteiger partial charge in [0.25, 0.3) is 5.91 Å². The zero-order valence-corrected chi connectivity index (χ0v) is 13.5. The van der Waals surface area contributed by atoms with E-state index in [9.17, 15) is 9.18 Å². The van der Waals surface area contributed by atoms with E-state index in [1.807, 2.05) is 44.2 Å². The summed E-state index contributed by atoms with van der Waals surface area (Å²) in [5.41, 5.74) is 1.07. The molecule has 0 saturated heterocycles. The molecular formula is C19H22FNO2. The Bertz CT molecular complexity index is 613. The van der Waals surface area contributed by atoms with E-state index in [1.165, 1.54) is 24.3 Å². The van der Waals surface area contributed by atoms with Crippen molar-refractivity contribution in [3.63, 3.8) is 0 Å². The van der Waals surface area contributed by atoms with E-state index in [1.54, 1.807) is 0 Å². The molecule has 0 spiro atoms. The lowest BCUT2D eigenvalue weighted by atomic mass is 10.0. The third-order valence-corrected chi connectivity index (χ3v) is 3.68. The highest BCUT2D eigenvalue weighted by Crippen LogP contribution is 2.18. The molecule has 2 aromatic rings. The molecule has 2 rings (SSSR count). The number of rotatable bonds is 7. The predicted octanol–water partition coefficient (Wildman–Crippen LogP) is 4.25. The molecule has 0 aliphatic rings. The average Bonchev–Trinajstić information content (AvgIpc) is 2.59. The van der Waals surface area contributed by atoms with Gasteiger partial charge in [-0.2, -0.15) is 0 Å². The van der Waals surface area contributed by atoms with Gasteiger partial charge in [0.15, 0.2) is 6.10 Å². The number of halogens is 1. The smallest absolute Gasteiger partial charge is 0.261 e. The Labute approximate surface area is 136 Å². The van der Waals surface area contributed by atoms with Crippen molar-refractivity contribution < 1.29 is 13.9 Å². The minimum atomic E-state index is -0.599. The Morgan fingerprint density at radius 3 is 2.26 bits per heavy atom. The van der Waals surface area contributed by atoms with Crippen molar-refractivity contribution in [2.24, 2.45) is 0 Å². The second-order valence-electron chi connectivity index (χ2n) is 5.35. The van der Waals surface area contributed by atoms with Gasteiger partial charge in [-0.25, -0.2) is 4.39 Å². The van der Waals surface area contributed by atoms with Crippen LogP contribution >= 0.6 is 0 Å². The molecule has 0 heterocycles. The zero-order valence-electron chi connectivity index (χ0n) is 13.5. The summed E-state index contributed by atoms with van der Waals surface area (Å²) < 4.78 is 18.6. The van der Waals surface area contributed by atoms with E-state index in [4.69, 9.17) is 4.74 Å². The van der Waals surface area contributed by atoms with Crippen molar-refractivity contribution in [1.29, 1.82) is 0 Å². The summed E-state index contributed by atoms with van der Waals surface area (Å²) in [6.45, 7) is 3.91. The average molecular weight is 315 g/mol. The lowest BCUT2D eigenvalue weighted by Crippen LogP contribution is -2.39. The summed E-state index contributed by atoms with van der Waals surface area (Å²) in [6.07, 6.45) is 0.732. The van der Waals surface area contributed by atoms with Gasteiger partial charge in [-0.05, 0) is 42.7 Å². The van der Waals surface area contributed by atoms with E-state index in [0.29, 0.717) is 12.2 Å². The molecule has 0 aliphatic carbocycles. The van der Waals surface area contributed by atoms with Crippen LogP contribution in [0.1, 0.15) is 38.3 Å². The molecule has 1 amide bonds. The first kappa shape index (κ1) is 17.0. The van der Waals surface area contributed by atoms with Crippen LogP contribution in [0.2, 0.25) is 0 Å². The van der Waals surface area contributed by atoms with Crippen molar-refractivity contribution in [3.05, 3.63) is 66.0 Å². The van der Waals surface area contributed by atoms with Crippen molar-refractivity contribution in [3.8, 4) is 5.75 Å². The summed E-state index contributed by atoms with van der Waals surface area (Å²) in [6, 6.07) is 15.5. The number of carbonyl (C=O) groups excluding carboxylic acids is 1. The number of hydrogen-bond donors (Lipinski definition) is 1. The van der Waals surface area contributed by atoms with E-state index in [-0.39, 0.29) is 17.8 Å². The van der Waals surface area contributed by atoms with Gasteiger partial charge >= 0.3 is 0 Å². The third-order valence-electron chi connectivity index (χ3n) is 3.68. The van der Waals surface area contributed by atoms with Gasteiger partial charge < -0.3 is 10.1 Å². The number of amides is 1. The second kappa shape index (κ2) is 8.32. The van der Waals surface area contributed by atoms with Crippen molar-refractivity contribution >= 4 is 5.91 Å². The minimum Gasteiger partial charge on any atom is -0.481 e. The van der Waals surface area contributed by atoms with Gasteiger partial charge in [0.05, 0.1) is 6.04 Å². The van der Waals surface area contributed by atoms with E-state index >= 15 is 0 Å². The first-order valence-corrected chi connectivity index (χ1v) is 7.91. The molecule has 3 nitrogen and oxygen atoms in total. The number of ether oxygens (including phenoxy) is 1. The van der Waals surface area contributed by atoms with Crippen molar-refractivity contribution in [2.75, 3.05) is 0 Å². The van der Waals surface area contributed by atoms with Crippen LogP contribution in [-0.2, 0) is 4.79 Å². The summed E-state index contributed by atoms with van der Waals surface area (Å²) in [4.78, 5) is 12.5. The van der Waals surface area contributed by atoms with Gasteiger partial charge in [-0.15, -0.1) is 0 Å². The number of hydrogen-bond acceptors (Lipinski definition) is 2. The fourth-order valence-corrected chi connectivity index (χ4v) is 2.37. The Balaban J connectivity index is 2.02. The maximum absolute atomic E-state index is 12.9. The molecule has 0 radical (unpaired) electrons. The first-order chi connectivity index (χ1) is 11.1. The van der Waals surface area contributed by atoms with Crippen LogP contribution in [-0.4, -0.2) is 12.0 Å². The molecule has 2 aromatic carbocycles. The van der Waals surface area contributed by atoms with Gasteiger partial charge in [-0.1, -0.05) is 44.2 Å². The Morgan fingerprint density at radius 2 is 1.70 bits per heavy atom. The van der Waals surface area contributed by atoms with Crippen LogP contribution in [0.25, 0.3) is 0 Å². The number of nitrogens with one attached hydrogen (secondary N) is 1. The molecule has 0 saturated carbocycles. The number of carbonyl (C=O) groups is 1. The van der Waals surface area contributed by atoms with Crippen molar-refractivity contribution in [2.45, 2.75) is 38.8 Å². The summed E-state index contributed by atoms with van der Waals surface area (Å²) in [7, 11) is 0. The molecule has 0 unspecified atom stereocenters. The molecule has 0 bridgehead atoms. The highest BCUT2D eigenvalue weighted by atomic mass is 19.1. The monoisotopic (exact) mass is 315 g/mol. The fourth-order valence-electron chi connectivity index (χ4n) is 2.37. The predicted molar refractivity (Wildman–Crippen MR) is 88.7 cm³/mol. The quantitative estimate of drug-likeness (QED) is 0.829. The third kappa shape index (κ3) is 4.81. The standard InChI is InChI=1S/C19H22FNO2/c1-3-17(14-8-6-5-7-9-14)21-19(22)18(4-2)23-16-12-10-15(20)11-13-16/h5-13,17-18H,3-4H2,1-2H3,(H,21,22)/t17-,18+/m0/s1. The molecule has 0 fully saturated rings. The second-order valence-corrected chi connectivity index (χ2v) is 5.35. The fraction of sp³-hybridized carbons (Fsp3) is 0.316. The van der Waals surface area contributed by atoms with Gasteiger partial charge in [0.1, 0.15) is 11.6 Å². The molecule has 1 N–H and O–H groups in total. The molecule has 122 valence electrons. The molecule has 0 aliphatic heterocycles. The Morgan fingerprint density at radius 1 is 1.04 bits per heavy atom. The normalized spacial score (nSPS) is 13.2. The highest BCUT2D eigenvalue weighted by molar-refractivity contribution is 5.81. The molecule has 2 atom stereocenters. The van der Waals surface area contributed by atoms with E-state index < -0.39 is 6.10 Å². The maximum atomic E-state index is 12.9. The van der Waals surface area contributed by atoms with Crippen LogP contribution < -0.4 is 10.1 Å². The molecule has 23 heavy (non-hydrogen) atoms. The van der Waals surface area contributed by atoms with Crippen molar-refractivity contribution in [1.82, 2.24) is 5.32 Å². The topological polar surface area (TPSA) is 38.3 Å². The SMILES string of the molecule is CC[C@H](NC(=O)[C@@H](CC)Oc1ccc(F)cc1)c1ccccc1. The Hall–Kier alpha value is -2.36. The van der Waals surface area contributed by atoms with E-state index in [0.717, 1.165) is 12.0 Å². The lowest BCUT2D eigenvalue weighted by molar-refractivity contribution is -0.128. The molecule has 0 aromatic heterocycles. The molecular weight excluding hydrogens is 293 g/mol. The van der Waals surface area contributed by atoms with Crippen LogP contribution in [0.4, 0.5) is 4.39 Å². The minimum absolute atomic E-state index is 0.0467. The summed E-state index contributed by atoms with van der Waals surface area (Å²) in [5, 5.41) is 3.03. The van der Waals surface area contributed by atoms with E-state index in [2.05, 4.69) is 5.32 Å². The molecule has 4 heteroatoms. The lowest BCUT2D eigenvalue weighted by Gasteiger charge is -2.22.